The first-order chi connectivity index (χ1) is 14.0. The Balaban J connectivity index is 1.63. The lowest BCUT2D eigenvalue weighted by Gasteiger charge is -2.19. The van der Waals surface area contributed by atoms with Gasteiger partial charge in [0.25, 0.3) is 11.8 Å². The van der Waals surface area contributed by atoms with Crippen LogP contribution >= 0.6 is 11.8 Å². The second kappa shape index (κ2) is 10.2. The second-order valence-corrected chi connectivity index (χ2v) is 8.09. The van der Waals surface area contributed by atoms with Crippen LogP contribution in [0.15, 0.2) is 65.3 Å². The molecule has 1 heterocycles. The molecule has 1 aliphatic heterocycles. The molecule has 0 bridgehead atoms. The number of carbonyl (C=O) groups excluding carboxylic acids is 2. The Hall–Kier alpha value is -2.73. The lowest BCUT2D eigenvalue weighted by atomic mass is 10.1. The van der Waals surface area contributed by atoms with Crippen LogP contribution in [0.3, 0.4) is 0 Å². The van der Waals surface area contributed by atoms with Gasteiger partial charge in [-0.25, -0.2) is 0 Å². The van der Waals surface area contributed by atoms with Gasteiger partial charge in [-0.3, -0.25) is 9.59 Å². The number of para-hydroxylation sites is 1. The van der Waals surface area contributed by atoms with Crippen LogP contribution in [0.2, 0.25) is 0 Å². The number of rotatable bonds is 7. The molecule has 2 aromatic rings. The van der Waals surface area contributed by atoms with E-state index in [1.54, 1.807) is 31.2 Å². The summed E-state index contributed by atoms with van der Waals surface area (Å²) in [6.45, 7) is 4.38. The Bertz CT molecular complexity index is 896. The van der Waals surface area contributed by atoms with E-state index in [1.165, 1.54) is 17.3 Å². The van der Waals surface area contributed by atoms with Gasteiger partial charge in [-0.1, -0.05) is 42.5 Å². The van der Waals surface area contributed by atoms with Crippen molar-refractivity contribution in [1.82, 2.24) is 5.32 Å². The Labute approximate surface area is 175 Å². The smallest absolute Gasteiger partial charge is 0.265 e. The number of aryl methyl sites for hydroxylation is 1. The van der Waals surface area contributed by atoms with E-state index in [0.717, 1.165) is 18.6 Å². The maximum Gasteiger partial charge on any atom is 0.265 e. The lowest BCUT2D eigenvalue weighted by molar-refractivity contribution is -0.112. The van der Waals surface area contributed by atoms with Crippen LogP contribution in [0.5, 0.6) is 0 Å². The fraction of sp³-hybridized carbons (Fsp3) is 0.304. The summed E-state index contributed by atoms with van der Waals surface area (Å²) in [5.41, 5.74) is 2.20. The molecule has 1 atom stereocenters. The van der Waals surface area contributed by atoms with E-state index in [2.05, 4.69) is 22.8 Å². The Morgan fingerprint density at radius 3 is 2.55 bits per heavy atom. The number of allylic oxidation sites excluding steroid dienone is 1. The van der Waals surface area contributed by atoms with Crippen LogP contribution in [0, 0.1) is 0 Å². The molecule has 0 saturated heterocycles. The number of ether oxygens (including phenoxy) is 1. The highest BCUT2D eigenvalue weighted by Crippen LogP contribution is 2.27. The largest absolute Gasteiger partial charge is 0.496 e. The number of benzene rings is 2. The molecule has 0 radical (unpaired) electrons. The molecule has 1 aliphatic rings. The first-order valence-corrected chi connectivity index (χ1v) is 10.7. The third kappa shape index (κ3) is 5.87. The summed E-state index contributed by atoms with van der Waals surface area (Å²) >= 11 is 1.47. The van der Waals surface area contributed by atoms with Crippen LogP contribution in [-0.2, 0) is 16.0 Å². The molecule has 152 valence electrons. The zero-order chi connectivity index (χ0) is 20.6. The van der Waals surface area contributed by atoms with Crippen molar-refractivity contribution in [3.05, 3.63) is 76.4 Å². The third-order valence-corrected chi connectivity index (χ3v) is 5.81. The van der Waals surface area contributed by atoms with E-state index in [0.29, 0.717) is 28.5 Å². The van der Waals surface area contributed by atoms with E-state index in [9.17, 15) is 9.59 Å². The molecule has 2 amide bonds. The van der Waals surface area contributed by atoms with Crippen LogP contribution < -0.4 is 10.6 Å². The first-order valence-electron chi connectivity index (χ1n) is 9.76. The standard InChI is InChI=1S/C23H26N2O3S/c1-16(12-13-18-8-4-3-5-9-18)24-22(26)19-10-6-7-11-20(19)25-23(27)21-17(2)28-14-15-29-21/h3-11,16H,12-15H2,1-2H3,(H,24,26)(H,25,27). The van der Waals surface area contributed by atoms with Crippen LogP contribution in [0.4, 0.5) is 5.69 Å². The molecule has 0 fully saturated rings. The monoisotopic (exact) mass is 410 g/mol. The quantitative estimate of drug-likeness (QED) is 0.711. The van der Waals surface area contributed by atoms with Gasteiger partial charge in [0.15, 0.2) is 0 Å². The van der Waals surface area contributed by atoms with Gasteiger partial charge in [0.05, 0.1) is 17.9 Å². The van der Waals surface area contributed by atoms with E-state index in [4.69, 9.17) is 4.74 Å². The van der Waals surface area contributed by atoms with Crippen LogP contribution in [0.1, 0.15) is 36.2 Å². The average Bonchev–Trinajstić information content (AvgIpc) is 2.73. The Morgan fingerprint density at radius 1 is 1.07 bits per heavy atom. The third-order valence-electron chi connectivity index (χ3n) is 4.68. The molecule has 0 spiro atoms. The SMILES string of the molecule is CC1=C(C(=O)Nc2ccccc2C(=O)NC(C)CCc2ccccc2)SCCO1. The molecule has 1 unspecified atom stereocenters. The zero-order valence-corrected chi connectivity index (χ0v) is 17.6. The van der Waals surface area contributed by atoms with Crippen molar-refractivity contribution in [3.8, 4) is 0 Å². The van der Waals surface area contributed by atoms with Gasteiger partial charge in [-0.05, 0) is 44.4 Å². The van der Waals surface area contributed by atoms with Crippen molar-refractivity contribution in [2.24, 2.45) is 0 Å². The van der Waals surface area contributed by atoms with Crippen LogP contribution in [0.25, 0.3) is 0 Å². The fourth-order valence-corrected chi connectivity index (χ4v) is 3.92. The predicted octanol–water partition coefficient (Wildman–Crippen LogP) is 4.37. The summed E-state index contributed by atoms with van der Waals surface area (Å²) in [4.78, 5) is 26.0. The summed E-state index contributed by atoms with van der Waals surface area (Å²) in [5, 5.41) is 5.90. The molecule has 5 nitrogen and oxygen atoms in total. The molecule has 0 saturated carbocycles. The van der Waals surface area contributed by atoms with Gasteiger partial charge in [-0.15, -0.1) is 11.8 Å². The van der Waals surface area contributed by atoms with Gasteiger partial charge in [0.1, 0.15) is 10.7 Å². The highest BCUT2D eigenvalue weighted by Gasteiger charge is 2.21. The summed E-state index contributed by atoms with van der Waals surface area (Å²) in [6.07, 6.45) is 1.73. The van der Waals surface area contributed by atoms with Crippen molar-refractivity contribution in [2.75, 3.05) is 17.7 Å². The van der Waals surface area contributed by atoms with E-state index in [1.807, 2.05) is 25.1 Å². The van der Waals surface area contributed by atoms with Crippen molar-refractivity contribution < 1.29 is 14.3 Å². The molecular formula is C23H26N2O3S. The highest BCUT2D eigenvalue weighted by atomic mass is 32.2. The molecule has 0 aromatic heterocycles. The number of anilines is 1. The fourth-order valence-electron chi connectivity index (χ4n) is 3.10. The number of carbonyl (C=O) groups is 2. The van der Waals surface area contributed by atoms with E-state index < -0.39 is 0 Å². The van der Waals surface area contributed by atoms with Gasteiger partial charge in [-0.2, -0.15) is 0 Å². The minimum Gasteiger partial charge on any atom is -0.496 e. The Morgan fingerprint density at radius 2 is 1.79 bits per heavy atom. The molecule has 3 rings (SSSR count). The molecule has 2 N–H and O–H groups in total. The van der Waals surface area contributed by atoms with Gasteiger partial charge in [0, 0.05) is 11.8 Å². The maximum absolute atomic E-state index is 12.8. The minimum atomic E-state index is -0.246. The summed E-state index contributed by atoms with van der Waals surface area (Å²) in [6, 6.07) is 17.3. The van der Waals surface area contributed by atoms with E-state index in [-0.39, 0.29) is 17.9 Å². The number of thioether (sulfide) groups is 1. The zero-order valence-electron chi connectivity index (χ0n) is 16.7. The summed E-state index contributed by atoms with van der Waals surface area (Å²) in [5.74, 6) is 0.917. The highest BCUT2D eigenvalue weighted by molar-refractivity contribution is 8.04. The molecule has 6 heteroatoms. The van der Waals surface area contributed by atoms with Gasteiger partial charge in [0.2, 0.25) is 0 Å². The number of nitrogens with one attached hydrogen (secondary N) is 2. The van der Waals surface area contributed by atoms with Crippen molar-refractivity contribution in [1.29, 1.82) is 0 Å². The molecule has 29 heavy (non-hydrogen) atoms. The first kappa shape index (κ1) is 21.0. The normalized spacial score (nSPS) is 14.7. The molecular weight excluding hydrogens is 384 g/mol. The molecule has 0 aliphatic carbocycles. The van der Waals surface area contributed by atoms with Crippen molar-refractivity contribution in [2.45, 2.75) is 32.7 Å². The summed E-state index contributed by atoms with van der Waals surface area (Å²) in [7, 11) is 0. The average molecular weight is 411 g/mol. The maximum atomic E-state index is 12.8. The lowest BCUT2D eigenvalue weighted by Crippen LogP contribution is -2.33. The Kier molecular flexibility index (Phi) is 7.36. The summed E-state index contributed by atoms with van der Waals surface area (Å²) < 4.78 is 5.46. The molecule has 2 aromatic carbocycles. The van der Waals surface area contributed by atoms with Crippen molar-refractivity contribution in [3.63, 3.8) is 0 Å². The predicted molar refractivity (Wildman–Crippen MR) is 118 cm³/mol. The topological polar surface area (TPSA) is 67.4 Å². The van der Waals surface area contributed by atoms with Gasteiger partial charge >= 0.3 is 0 Å². The van der Waals surface area contributed by atoms with Gasteiger partial charge < -0.3 is 15.4 Å². The number of hydrogen-bond acceptors (Lipinski definition) is 4. The number of hydrogen-bond donors (Lipinski definition) is 2. The van der Waals surface area contributed by atoms with Crippen molar-refractivity contribution >= 4 is 29.3 Å². The second-order valence-electron chi connectivity index (χ2n) is 6.98. The number of amides is 2. The van der Waals surface area contributed by atoms with Crippen LogP contribution in [-0.4, -0.2) is 30.2 Å². The van der Waals surface area contributed by atoms with E-state index >= 15 is 0 Å². The minimum absolute atomic E-state index is 0.0127.